The lowest BCUT2D eigenvalue weighted by Gasteiger charge is -2.12. The molecule has 2 rings (SSSR count). The van der Waals surface area contributed by atoms with Gasteiger partial charge in [-0.1, -0.05) is 23.8 Å². The zero-order valence-corrected chi connectivity index (χ0v) is 13.5. The van der Waals surface area contributed by atoms with E-state index in [0.29, 0.717) is 5.56 Å². The third-order valence-electron chi connectivity index (χ3n) is 3.09. The number of aliphatic carboxylic acids is 1. The molecule has 0 atom stereocenters. The summed E-state index contributed by atoms with van der Waals surface area (Å²) in [5, 5.41) is 8.79. The van der Waals surface area contributed by atoms with Crippen LogP contribution in [0, 0.1) is 6.92 Å². The van der Waals surface area contributed by atoms with Crippen LogP contribution >= 0.6 is 0 Å². The molecule has 0 saturated heterocycles. The summed E-state index contributed by atoms with van der Waals surface area (Å²) < 4.78 is 34.7. The number of carbonyl (C=O) groups is 1. The molecule has 0 bridgehead atoms. The van der Waals surface area contributed by atoms with E-state index >= 15 is 0 Å². The number of hydrogen-bond acceptors (Lipinski definition) is 5. The van der Waals surface area contributed by atoms with Crippen LogP contribution in [0.5, 0.6) is 11.5 Å². The molecule has 0 fully saturated rings. The Morgan fingerprint density at radius 3 is 2.30 bits per heavy atom. The molecule has 0 aromatic heterocycles. The Bertz CT molecular complexity index is 809. The number of carboxylic acids is 1. The van der Waals surface area contributed by atoms with Gasteiger partial charge in [-0.3, -0.25) is 4.79 Å². The van der Waals surface area contributed by atoms with Crippen molar-refractivity contribution in [2.45, 2.75) is 18.2 Å². The van der Waals surface area contributed by atoms with Gasteiger partial charge in [0, 0.05) is 0 Å². The summed E-state index contributed by atoms with van der Waals surface area (Å²) in [5.41, 5.74) is 1.41. The van der Waals surface area contributed by atoms with E-state index in [4.69, 9.17) is 14.0 Å². The van der Waals surface area contributed by atoms with E-state index in [1.54, 1.807) is 12.1 Å². The van der Waals surface area contributed by atoms with Gasteiger partial charge in [0.2, 0.25) is 0 Å². The molecule has 0 saturated carbocycles. The first kappa shape index (κ1) is 16.8. The number of rotatable bonds is 6. The molecule has 0 radical (unpaired) electrons. The lowest BCUT2D eigenvalue weighted by molar-refractivity contribution is -0.136. The predicted octanol–water partition coefficient (Wildman–Crippen LogP) is 2.40. The van der Waals surface area contributed by atoms with Crippen molar-refractivity contribution in [1.29, 1.82) is 0 Å². The highest BCUT2D eigenvalue weighted by Gasteiger charge is 2.19. The lowest BCUT2D eigenvalue weighted by Crippen LogP contribution is -2.10. The minimum Gasteiger partial charge on any atom is -0.493 e. The molecule has 0 aliphatic rings. The standard InChI is InChI=1S/C16H16O6S/c1-11-3-6-13(7-4-11)23(19,20)22-14-8-5-12(10-16(17)18)9-15(14)21-2/h3-9H,10H2,1-2H3,(H,17,18). The van der Waals surface area contributed by atoms with E-state index in [-0.39, 0.29) is 22.8 Å². The molecule has 6 nitrogen and oxygen atoms in total. The van der Waals surface area contributed by atoms with Crippen molar-refractivity contribution in [1.82, 2.24) is 0 Å². The summed E-state index contributed by atoms with van der Waals surface area (Å²) in [6.45, 7) is 1.85. The summed E-state index contributed by atoms with van der Waals surface area (Å²) in [6, 6.07) is 10.5. The Labute approximate surface area is 134 Å². The van der Waals surface area contributed by atoms with Gasteiger partial charge in [-0.2, -0.15) is 8.42 Å². The highest BCUT2D eigenvalue weighted by molar-refractivity contribution is 7.87. The summed E-state index contributed by atoms with van der Waals surface area (Å²) in [7, 11) is -2.64. The maximum Gasteiger partial charge on any atom is 0.339 e. The molecular formula is C16H16O6S. The topological polar surface area (TPSA) is 89.9 Å². The van der Waals surface area contributed by atoms with Crippen molar-refractivity contribution in [3.05, 3.63) is 53.6 Å². The minimum absolute atomic E-state index is 0.00205. The number of ether oxygens (including phenoxy) is 1. The van der Waals surface area contributed by atoms with Crippen molar-refractivity contribution >= 4 is 16.1 Å². The molecule has 122 valence electrons. The van der Waals surface area contributed by atoms with E-state index in [2.05, 4.69) is 0 Å². The normalized spacial score (nSPS) is 11.0. The Balaban J connectivity index is 2.31. The van der Waals surface area contributed by atoms with Gasteiger partial charge in [-0.25, -0.2) is 0 Å². The second-order valence-corrected chi connectivity index (χ2v) is 6.45. The van der Waals surface area contributed by atoms with Crippen LogP contribution in [0.4, 0.5) is 0 Å². The van der Waals surface area contributed by atoms with Crippen LogP contribution in [0.15, 0.2) is 47.4 Å². The summed E-state index contributed by atoms with van der Waals surface area (Å²) in [6.07, 6.45) is -0.193. The Kier molecular flexibility index (Phi) is 4.90. The molecule has 2 aromatic rings. The maximum atomic E-state index is 12.3. The van der Waals surface area contributed by atoms with Crippen LogP contribution in [-0.4, -0.2) is 26.6 Å². The van der Waals surface area contributed by atoms with Crippen LogP contribution in [0.1, 0.15) is 11.1 Å². The molecule has 0 unspecified atom stereocenters. The van der Waals surface area contributed by atoms with Crippen molar-refractivity contribution in [3.8, 4) is 11.5 Å². The minimum atomic E-state index is -3.99. The molecule has 0 aliphatic heterocycles. The first-order valence-electron chi connectivity index (χ1n) is 6.71. The first-order valence-corrected chi connectivity index (χ1v) is 8.12. The average molecular weight is 336 g/mol. The van der Waals surface area contributed by atoms with Gasteiger partial charge >= 0.3 is 16.1 Å². The zero-order chi connectivity index (χ0) is 17.0. The molecule has 0 amide bonds. The Morgan fingerprint density at radius 1 is 1.09 bits per heavy atom. The van der Waals surface area contributed by atoms with Crippen molar-refractivity contribution in [3.63, 3.8) is 0 Å². The van der Waals surface area contributed by atoms with Gasteiger partial charge < -0.3 is 14.0 Å². The quantitative estimate of drug-likeness (QED) is 0.815. The van der Waals surface area contributed by atoms with Crippen molar-refractivity contribution in [2.24, 2.45) is 0 Å². The third-order valence-corrected chi connectivity index (χ3v) is 4.34. The van der Waals surface area contributed by atoms with Crippen molar-refractivity contribution < 1.29 is 27.2 Å². The Hall–Kier alpha value is -2.54. The second-order valence-electron chi connectivity index (χ2n) is 4.91. The number of hydrogen-bond donors (Lipinski definition) is 1. The summed E-state index contributed by atoms with van der Waals surface area (Å²) in [4.78, 5) is 10.8. The number of carboxylic acid groups (broad SMARTS) is 1. The Morgan fingerprint density at radius 2 is 1.74 bits per heavy atom. The molecule has 0 heterocycles. The zero-order valence-electron chi connectivity index (χ0n) is 12.6. The molecule has 1 N–H and O–H groups in total. The van der Waals surface area contributed by atoms with E-state index in [9.17, 15) is 13.2 Å². The number of aryl methyl sites for hydroxylation is 1. The fourth-order valence-corrected chi connectivity index (χ4v) is 2.88. The lowest BCUT2D eigenvalue weighted by atomic mass is 10.1. The van der Waals surface area contributed by atoms with Crippen LogP contribution in [0.3, 0.4) is 0 Å². The molecule has 7 heteroatoms. The average Bonchev–Trinajstić information content (AvgIpc) is 2.48. The van der Waals surface area contributed by atoms with E-state index in [1.807, 2.05) is 6.92 Å². The highest BCUT2D eigenvalue weighted by atomic mass is 32.2. The maximum absolute atomic E-state index is 12.3. The van der Waals surface area contributed by atoms with Crippen LogP contribution < -0.4 is 8.92 Å². The SMILES string of the molecule is COc1cc(CC(=O)O)ccc1OS(=O)(=O)c1ccc(C)cc1. The van der Waals surface area contributed by atoms with Gasteiger partial charge in [0.15, 0.2) is 11.5 Å². The molecule has 23 heavy (non-hydrogen) atoms. The van der Waals surface area contributed by atoms with Crippen LogP contribution in [0.2, 0.25) is 0 Å². The molecule has 0 aliphatic carbocycles. The number of benzene rings is 2. The van der Waals surface area contributed by atoms with E-state index in [1.165, 1.54) is 37.4 Å². The van der Waals surface area contributed by atoms with E-state index in [0.717, 1.165) is 5.56 Å². The largest absolute Gasteiger partial charge is 0.493 e. The van der Waals surface area contributed by atoms with E-state index < -0.39 is 16.1 Å². The van der Waals surface area contributed by atoms with Gasteiger partial charge in [0.25, 0.3) is 0 Å². The van der Waals surface area contributed by atoms with Crippen molar-refractivity contribution in [2.75, 3.05) is 7.11 Å². The van der Waals surface area contributed by atoms with Gasteiger partial charge in [-0.05, 0) is 36.8 Å². The molecule has 2 aromatic carbocycles. The van der Waals surface area contributed by atoms with Gasteiger partial charge in [0.1, 0.15) is 4.90 Å². The second kappa shape index (κ2) is 6.70. The third kappa shape index (κ3) is 4.23. The van der Waals surface area contributed by atoms with Gasteiger partial charge in [-0.15, -0.1) is 0 Å². The smallest absolute Gasteiger partial charge is 0.339 e. The fraction of sp³-hybridized carbons (Fsp3) is 0.188. The fourth-order valence-electron chi connectivity index (χ4n) is 1.94. The molecule has 0 spiro atoms. The first-order chi connectivity index (χ1) is 10.8. The molecular weight excluding hydrogens is 320 g/mol. The number of methoxy groups -OCH3 is 1. The summed E-state index contributed by atoms with van der Waals surface area (Å²) >= 11 is 0. The highest BCUT2D eigenvalue weighted by Crippen LogP contribution is 2.31. The monoisotopic (exact) mass is 336 g/mol. The summed E-state index contributed by atoms with van der Waals surface area (Å²) in [5.74, 6) is -0.838. The van der Waals surface area contributed by atoms with Crippen LogP contribution in [-0.2, 0) is 21.3 Å². The predicted molar refractivity (Wildman–Crippen MR) is 83.3 cm³/mol. The van der Waals surface area contributed by atoms with Crippen LogP contribution in [0.25, 0.3) is 0 Å². The van der Waals surface area contributed by atoms with Gasteiger partial charge in [0.05, 0.1) is 13.5 Å².